The molecule has 0 aliphatic carbocycles. The molecule has 2 heteroatoms. The van der Waals surface area contributed by atoms with Crippen molar-refractivity contribution in [2.24, 2.45) is 0 Å². The second-order valence-corrected chi connectivity index (χ2v) is 10.0. The van der Waals surface area contributed by atoms with Crippen LogP contribution in [0.2, 0.25) is 0 Å². The quantitative estimate of drug-likeness (QED) is 0.259. The van der Waals surface area contributed by atoms with E-state index in [1.165, 1.54) is 76.8 Å². The average molecular weight is 473 g/mol. The van der Waals surface area contributed by atoms with Crippen LogP contribution < -0.4 is 0 Å². The van der Waals surface area contributed by atoms with Gasteiger partial charge in [0, 0.05) is 38.3 Å². The van der Waals surface area contributed by atoms with E-state index in [4.69, 9.17) is 0 Å². The van der Waals surface area contributed by atoms with Gasteiger partial charge in [-0.25, -0.2) is 0 Å². The van der Waals surface area contributed by atoms with E-state index in [0.29, 0.717) is 0 Å². The highest BCUT2D eigenvalue weighted by atomic mass is 15.0. The lowest BCUT2D eigenvalue weighted by atomic mass is 9.98. The number of nitrogens with zero attached hydrogens (tertiary/aromatic N) is 1. The van der Waals surface area contributed by atoms with Crippen LogP contribution in [0, 0.1) is 6.92 Å². The first kappa shape index (κ1) is 20.4. The number of aromatic nitrogens is 2. The van der Waals surface area contributed by atoms with Crippen LogP contribution in [0.25, 0.3) is 71.2 Å². The lowest BCUT2D eigenvalue weighted by molar-refractivity contribution is 1.17. The van der Waals surface area contributed by atoms with Gasteiger partial charge in [-0.1, -0.05) is 78.9 Å². The summed E-state index contributed by atoms with van der Waals surface area (Å²) in [5.41, 5.74) is 9.80. The summed E-state index contributed by atoms with van der Waals surface area (Å²) >= 11 is 0. The molecule has 8 rings (SSSR count). The maximum Gasteiger partial charge on any atom is 0.0570 e. The maximum absolute atomic E-state index is 3.61. The average Bonchev–Trinajstić information content (AvgIpc) is 3.48. The summed E-state index contributed by atoms with van der Waals surface area (Å²) in [4.78, 5) is 3.61. The number of aryl methyl sites for hydroxylation is 1. The van der Waals surface area contributed by atoms with E-state index in [2.05, 4.69) is 138 Å². The molecule has 2 aromatic heterocycles. The minimum atomic E-state index is 1.18. The van der Waals surface area contributed by atoms with Gasteiger partial charge in [0.2, 0.25) is 0 Å². The standard InChI is InChI=1S/C35H24N2/c1-22-18-26(25-15-17-29-28-10-4-6-12-32(28)36-33(29)21-25)20-31-30-11-5-7-13-34(30)37(35(22)31)27-16-14-23-8-2-3-9-24(23)19-27/h2-21,36H,1H3. The van der Waals surface area contributed by atoms with Crippen LogP contribution in [-0.4, -0.2) is 9.55 Å². The monoisotopic (exact) mass is 472 g/mol. The Morgan fingerprint density at radius 1 is 0.514 bits per heavy atom. The smallest absolute Gasteiger partial charge is 0.0570 e. The van der Waals surface area contributed by atoms with Gasteiger partial charge < -0.3 is 9.55 Å². The van der Waals surface area contributed by atoms with Gasteiger partial charge in [0.15, 0.2) is 0 Å². The van der Waals surface area contributed by atoms with Crippen LogP contribution >= 0.6 is 0 Å². The van der Waals surface area contributed by atoms with Crippen molar-refractivity contribution in [1.29, 1.82) is 0 Å². The Labute approximate surface area is 214 Å². The van der Waals surface area contributed by atoms with Crippen LogP contribution in [0.1, 0.15) is 5.56 Å². The molecule has 0 amide bonds. The number of nitrogens with one attached hydrogen (secondary N) is 1. The van der Waals surface area contributed by atoms with E-state index in [0.717, 1.165) is 0 Å². The Morgan fingerprint density at radius 3 is 2.19 bits per heavy atom. The van der Waals surface area contributed by atoms with E-state index >= 15 is 0 Å². The van der Waals surface area contributed by atoms with Crippen molar-refractivity contribution < 1.29 is 0 Å². The van der Waals surface area contributed by atoms with E-state index in [-0.39, 0.29) is 0 Å². The Bertz CT molecular complexity index is 2160. The number of aromatic amines is 1. The lowest BCUT2D eigenvalue weighted by Gasteiger charge is -2.12. The molecule has 0 saturated carbocycles. The van der Waals surface area contributed by atoms with Gasteiger partial charge in [0.25, 0.3) is 0 Å². The van der Waals surface area contributed by atoms with E-state index in [1.807, 2.05) is 0 Å². The van der Waals surface area contributed by atoms with E-state index < -0.39 is 0 Å². The number of benzene rings is 6. The zero-order valence-corrected chi connectivity index (χ0v) is 20.5. The van der Waals surface area contributed by atoms with Crippen molar-refractivity contribution in [1.82, 2.24) is 9.55 Å². The molecule has 6 aromatic carbocycles. The van der Waals surface area contributed by atoms with Crippen molar-refractivity contribution in [3.63, 3.8) is 0 Å². The summed E-state index contributed by atoms with van der Waals surface area (Å²) in [7, 11) is 0. The SMILES string of the molecule is Cc1cc(-c2ccc3c(c2)[nH]c2ccccc23)cc2c3ccccc3n(-c3ccc4ccccc4c3)c12. The summed E-state index contributed by atoms with van der Waals surface area (Å²) < 4.78 is 2.43. The van der Waals surface area contributed by atoms with Crippen LogP contribution in [0.3, 0.4) is 0 Å². The zero-order chi connectivity index (χ0) is 24.5. The van der Waals surface area contributed by atoms with Crippen molar-refractivity contribution in [3.8, 4) is 16.8 Å². The molecule has 0 aliphatic rings. The molecular weight excluding hydrogens is 448 g/mol. The highest BCUT2D eigenvalue weighted by molar-refractivity contribution is 6.12. The first-order valence-corrected chi connectivity index (χ1v) is 12.8. The van der Waals surface area contributed by atoms with Gasteiger partial charge in [-0.3, -0.25) is 0 Å². The molecule has 1 N–H and O–H groups in total. The number of hydrogen-bond acceptors (Lipinski definition) is 0. The van der Waals surface area contributed by atoms with Crippen LogP contribution in [0.4, 0.5) is 0 Å². The largest absolute Gasteiger partial charge is 0.354 e. The molecule has 0 atom stereocenters. The Morgan fingerprint density at radius 2 is 1.27 bits per heavy atom. The molecule has 0 aliphatic heterocycles. The van der Waals surface area contributed by atoms with Gasteiger partial charge in [-0.05, 0) is 76.9 Å². The molecule has 174 valence electrons. The molecule has 0 fully saturated rings. The highest BCUT2D eigenvalue weighted by Gasteiger charge is 2.16. The van der Waals surface area contributed by atoms with E-state index in [1.54, 1.807) is 0 Å². The molecule has 0 saturated heterocycles. The predicted molar refractivity (Wildman–Crippen MR) is 158 cm³/mol. The maximum atomic E-state index is 3.61. The van der Waals surface area contributed by atoms with Crippen molar-refractivity contribution in [3.05, 3.63) is 127 Å². The van der Waals surface area contributed by atoms with Crippen LogP contribution in [0.5, 0.6) is 0 Å². The summed E-state index contributed by atoms with van der Waals surface area (Å²) in [5, 5.41) is 7.63. The minimum absolute atomic E-state index is 1.18. The Hall–Kier alpha value is -4.82. The summed E-state index contributed by atoms with van der Waals surface area (Å²) in [6.45, 7) is 2.24. The number of para-hydroxylation sites is 2. The number of rotatable bonds is 2. The van der Waals surface area contributed by atoms with Crippen LogP contribution in [0.15, 0.2) is 121 Å². The molecule has 0 radical (unpaired) electrons. The number of fused-ring (bicyclic) bond motifs is 7. The molecule has 0 spiro atoms. The summed E-state index contributed by atoms with van der Waals surface area (Å²) in [5.74, 6) is 0. The summed E-state index contributed by atoms with van der Waals surface area (Å²) in [6, 6.07) is 44.1. The third-order valence-electron chi connectivity index (χ3n) is 7.79. The lowest BCUT2D eigenvalue weighted by Crippen LogP contribution is -1.95. The third-order valence-corrected chi connectivity index (χ3v) is 7.79. The Balaban J connectivity index is 1.38. The molecular formula is C35H24N2. The minimum Gasteiger partial charge on any atom is -0.354 e. The number of hydrogen-bond donors (Lipinski definition) is 1. The second kappa shape index (κ2) is 7.59. The number of H-pyrrole nitrogens is 1. The van der Waals surface area contributed by atoms with Gasteiger partial charge in [0.05, 0.1) is 11.0 Å². The normalized spacial score (nSPS) is 11.9. The zero-order valence-electron chi connectivity index (χ0n) is 20.5. The first-order valence-electron chi connectivity index (χ1n) is 12.8. The van der Waals surface area contributed by atoms with Crippen molar-refractivity contribution in [2.75, 3.05) is 0 Å². The van der Waals surface area contributed by atoms with Gasteiger partial charge in [-0.15, -0.1) is 0 Å². The molecule has 37 heavy (non-hydrogen) atoms. The predicted octanol–water partition coefficient (Wildman–Crippen LogP) is 9.55. The molecule has 8 aromatic rings. The first-order chi connectivity index (χ1) is 18.2. The second-order valence-electron chi connectivity index (χ2n) is 10.0. The van der Waals surface area contributed by atoms with Crippen molar-refractivity contribution in [2.45, 2.75) is 6.92 Å². The van der Waals surface area contributed by atoms with Gasteiger partial charge >= 0.3 is 0 Å². The summed E-state index contributed by atoms with van der Waals surface area (Å²) in [6.07, 6.45) is 0. The molecule has 2 heterocycles. The van der Waals surface area contributed by atoms with Gasteiger partial charge in [-0.2, -0.15) is 0 Å². The highest BCUT2D eigenvalue weighted by Crippen LogP contribution is 2.38. The fourth-order valence-electron chi connectivity index (χ4n) is 6.08. The fourth-order valence-corrected chi connectivity index (χ4v) is 6.08. The third kappa shape index (κ3) is 2.99. The molecule has 0 bridgehead atoms. The molecule has 0 unspecified atom stereocenters. The molecule has 2 nitrogen and oxygen atoms in total. The Kier molecular flexibility index (Phi) is 4.18. The van der Waals surface area contributed by atoms with Crippen molar-refractivity contribution >= 4 is 54.4 Å². The van der Waals surface area contributed by atoms with Gasteiger partial charge in [0.1, 0.15) is 0 Å². The van der Waals surface area contributed by atoms with Crippen LogP contribution in [-0.2, 0) is 0 Å². The fraction of sp³-hybridized carbons (Fsp3) is 0.0286. The topological polar surface area (TPSA) is 20.7 Å². The van der Waals surface area contributed by atoms with E-state index in [9.17, 15) is 0 Å².